The van der Waals surface area contributed by atoms with E-state index in [0.29, 0.717) is 23.4 Å². The molecule has 0 aliphatic carbocycles. The third-order valence-corrected chi connectivity index (χ3v) is 7.41. The third kappa shape index (κ3) is 8.77. The summed E-state index contributed by atoms with van der Waals surface area (Å²) in [5.41, 5.74) is 0.656. The zero-order valence-electron chi connectivity index (χ0n) is 22.8. The number of ether oxygens (including phenoxy) is 1. The van der Waals surface area contributed by atoms with E-state index < -0.39 is 24.0 Å². The number of esters is 1. The van der Waals surface area contributed by atoms with Crippen LogP contribution in [0.25, 0.3) is 0 Å². The van der Waals surface area contributed by atoms with Gasteiger partial charge >= 0.3 is 5.97 Å². The molecule has 2 amide bonds. The largest absolute Gasteiger partial charge is 0.455 e. The molecule has 0 spiro atoms. The van der Waals surface area contributed by atoms with E-state index in [9.17, 15) is 19.2 Å². The number of Topliss-reactive ketones (excluding diaryl/α,β-unsaturated/α-hetero) is 1. The fourth-order valence-corrected chi connectivity index (χ4v) is 4.84. The molecule has 0 fully saturated rings. The lowest BCUT2D eigenvalue weighted by molar-refractivity contribution is -0.148. The van der Waals surface area contributed by atoms with Gasteiger partial charge in [-0.25, -0.2) is 4.98 Å². The second kappa shape index (κ2) is 14.0. The van der Waals surface area contributed by atoms with Crippen molar-refractivity contribution < 1.29 is 23.9 Å². The standard InChI is InChI=1S/C28H39N3O5S/c1-8-18(4)14-25(33)31(7)23(17(2)3)15-24(36-20(6)32)28-30-22(16-37-28)27(35)29-19(5)26(34)21-12-10-9-11-13-21/h9-13,16-19,23-24H,8,14-15H2,1-7H3,(H,29,35)/t18-,19+,23+,24+/m0/s1. The maximum atomic E-state index is 12.9. The topological polar surface area (TPSA) is 106 Å². The van der Waals surface area contributed by atoms with Gasteiger partial charge < -0.3 is 15.0 Å². The Morgan fingerprint density at radius 2 is 1.73 bits per heavy atom. The normalized spacial score (nSPS) is 14.4. The fourth-order valence-electron chi connectivity index (χ4n) is 4.00. The molecule has 202 valence electrons. The van der Waals surface area contributed by atoms with Crippen LogP contribution in [-0.2, 0) is 14.3 Å². The molecule has 0 saturated heterocycles. The summed E-state index contributed by atoms with van der Waals surface area (Å²) in [5.74, 6) is -0.718. The average Bonchev–Trinajstić information content (AvgIpc) is 3.36. The van der Waals surface area contributed by atoms with Crippen LogP contribution in [0.4, 0.5) is 0 Å². The van der Waals surface area contributed by atoms with Crippen LogP contribution in [0.15, 0.2) is 35.7 Å². The monoisotopic (exact) mass is 529 g/mol. The molecule has 0 aliphatic heterocycles. The van der Waals surface area contributed by atoms with Crippen LogP contribution in [0.5, 0.6) is 0 Å². The molecule has 0 saturated carbocycles. The van der Waals surface area contributed by atoms with Gasteiger partial charge in [0.15, 0.2) is 11.9 Å². The number of benzene rings is 1. The highest BCUT2D eigenvalue weighted by Crippen LogP contribution is 2.30. The first-order valence-electron chi connectivity index (χ1n) is 12.7. The minimum Gasteiger partial charge on any atom is -0.455 e. The Morgan fingerprint density at radius 1 is 1.08 bits per heavy atom. The highest BCUT2D eigenvalue weighted by Gasteiger charge is 2.31. The summed E-state index contributed by atoms with van der Waals surface area (Å²) in [4.78, 5) is 56.4. The summed E-state index contributed by atoms with van der Waals surface area (Å²) in [6, 6.07) is 7.83. The maximum Gasteiger partial charge on any atom is 0.303 e. The number of carbonyl (C=O) groups is 4. The Balaban J connectivity index is 2.17. The molecule has 2 rings (SSSR count). The van der Waals surface area contributed by atoms with E-state index in [0.717, 1.165) is 6.42 Å². The Bertz CT molecular complexity index is 1070. The van der Waals surface area contributed by atoms with Crippen molar-refractivity contribution in [3.05, 3.63) is 52.0 Å². The van der Waals surface area contributed by atoms with Crippen molar-refractivity contribution in [3.8, 4) is 0 Å². The number of aromatic nitrogens is 1. The minimum absolute atomic E-state index is 0.0471. The van der Waals surface area contributed by atoms with Gasteiger partial charge in [-0.2, -0.15) is 0 Å². The molecule has 0 unspecified atom stereocenters. The molecule has 1 aromatic heterocycles. The number of ketones is 1. The van der Waals surface area contributed by atoms with Gasteiger partial charge in [-0.05, 0) is 18.8 Å². The molecule has 0 bridgehead atoms. The molecule has 0 radical (unpaired) electrons. The van der Waals surface area contributed by atoms with Gasteiger partial charge in [0.2, 0.25) is 5.91 Å². The molecule has 4 atom stereocenters. The lowest BCUT2D eigenvalue weighted by Gasteiger charge is -2.34. The first-order valence-corrected chi connectivity index (χ1v) is 13.6. The average molecular weight is 530 g/mol. The minimum atomic E-state index is -0.736. The summed E-state index contributed by atoms with van der Waals surface area (Å²) in [5, 5.41) is 4.75. The number of carbonyl (C=O) groups excluding carboxylic acids is 4. The van der Waals surface area contributed by atoms with E-state index in [1.165, 1.54) is 18.3 Å². The van der Waals surface area contributed by atoms with E-state index >= 15 is 0 Å². The van der Waals surface area contributed by atoms with Gasteiger partial charge in [-0.3, -0.25) is 19.2 Å². The molecule has 1 aromatic carbocycles. The molecular weight excluding hydrogens is 490 g/mol. The Labute approximate surface area is 223 Å². The van der Waals surface area contributed by atoms with Crippen LogP contribution < -0.4 is 5.32 Å². The lowest BCUT2D eigenvalue weighted by Crippen LogP contribution is -2.42. The van der Waals surface area contributed by atoms with Crippen molar-refractivity contribution in [2.24, 2.45) is 11.8 Å². The second-order valence-electron chi connectivity index (χ2n) is 9.86. The molecule has 8 nitrogen and oxygen atoms in total. The molecule has 1 N–H and O–H groups in total. The summed E-state index contributed by atoms with van der Waals surface area (Å²) < 4.78 is 5.60. The van der Waals surface area contributed by atoms with Crippen LogP contribution >= 0.6 is 11.3 Å². The number of hydrogen-bond acceptors (Lipinski definition) is 7. The zero-order chi connectivity index (χ0) is 27.7. The van der Waals surface area contributed by atoms with Crippen LogP contribution in [-0.4, -0.2) is 52.6 Å². The summed E-state index contributed by atoms with van der Waals surface area (Å²) in [6.07, 6.45) is 1.02. The molecule has 9 heteroatoms. The summed E-state index contributed by atoms with van der Waals surface area (Å²) >= 11 is 1.21. The predicted molar refractivity (Wildman–Crippen MR) is 144 cm³/mol. The fraction of sp³-hybridized carbons (Fsp3) is 0.536. The van der Waals surface area contributed by atoms with Crippen LogP contribution in [0.1, 0.15) is 92.8 Å². The first kappa shape index (κ1) is 30.2. The van der Waals surface area contributed by atoms with Crippen molar-refractivity contribution in [2.75, 3.05) is 7.05 Å². The number of nitrogens with one attached hydrogen (secondary N) is 1. The van der Waals surface area contributed by atoms with Crippen molar-refractivity contribution >= 4 is 34.9 Å². The number of nitrogens with zero attached hydrogens (tertiary/aromatic N) is 2. The van der Waals surface area contributed by atoms with E-state index in [1.54, 1.807) is 48.5 Å². The van der Waals surface area contributed by atoms with Crippen LogP contribution in [0.3, 0.4) is 0 Å². The zero-order valence-corrected chi connectivity index (χ0v) is 23.6. The molecule has 0 aliphatic rings. The van der Waals surface area contributed by atoms with E-state index in [2.05, 4.69) is 17.2 Å². The van der Waals surface area contributed by atoms with Gasteiger partial charge in [-0.15, -0.1) is 11.3 Å². The van der Waals surface area contributed by atoms with Gasteiger partial charge in [0, 0.05) is 43.8 Å². The van der Waals surface area contributed by atoms with Crippen molar-refractivity contribution in [1.82, 2.24) is 15.2 Å². The highest BCUT2D eigenvalue weighted by atomic mass is 32.1. The van der Waals surface area contributed by atoms with E-state index in [1.807, 2.05) is 26.8 Å². The van der Waals surface area contributed by atoms with Gasteiger partial charge in [-0.1, -0.05) is 64.4 Å². The molecule has 2 aromatic rings. The van der Waals surface area contributed by atoms with Crippen LogP contribution in [0.2, 0.25) is 0 Å². The number of thiazole rings is 1. The Morgan fingerprint density at radius 3 is 2.30 bits per heavy atom. The second-order valence-corrected chi connectivity index (χ2v) is 10.8. The summed E-state index contributed by atoms with van der Waals surface area (Å²) in [6.45, 7) is 11.1. The summed E-state index contributed by atoms with van der Waals surface area (Å²) in [7, 11) is 1.78. The van der Waals surface area contributed by atoms with Gasteiger partial charge in [0.25, 0.3) is 5.91 Å². The first-order chi connectivity index (χ1) is 17.4. The van der Waals surface area contributed by atoms with E-state index in [-0.39, 0.29) is 35.3 Å². The van der Waals surface area contributed by atoms with Crippen molar-refractivity contribution in [1.29, 1.82) is 0 Å². The quantitative estimate of drug-likeness (QED) is 0.287. The van der Waals surface area contributed by atoms with Gasteiger partial charge in [0.1, 0.15) is 10.7 Å². The lowest BCUT2D eigenvalue weighted by atomic mass is 9.95. The van der Waals surface area contributed by atoms with E-state index in [4.69, 9.17) is 4.74 Å². The smallest absolute Gasteiger partial charge is 0.303 e. The third-order valence-electron chi connectivity index (χ3n) is 6.47. The number of amides is 2. The molecular formula is C28H39N3O5S. The SMILES string of the molecule is CC[C@H](C)CC(=O)N(C)[C@H](C[C@@H](OC(C)=O)c1nc(C(=O)N[C@H](C)C(=O)c2ccccc2)cs1)C(C)C. The van der Waals surface area contributed by atoms with Gasteiger partial charge in [0.05, 0.1) is 6.04 Å². The number of hydrogen-bond donors (Lipinski definition) is 1. The van der Waals surface area contributed by atoms with Crippen LogP contribution in [0, 0.1) is 11.8 Å². The van der Waals surface area contributed by atoms with Crippen molar-refractivity contribution in [3.63, 3.8) is 0 Å². The maximum absolute atomic E-state index is 12.9. The Hall–Kier alpha value is -3.07. The molecule has 37 heavy (non-hydrogen) atoms. The van der Waals surface area contributed by atoms with Crippen molar-refractivity contribution in [2.45, 2.75) is 79.0 Å². The predicted octanol–water partition coefficient (Wildman–Crippen LogP) is 5.06. The highest BCUT2D eigenvalue weighted by molar-refractivity contribution is 7.09. The number of rotatable bonds is 13. The molecule has 1 heterocycles. The Kier molecular flexibility index (Phi) is 11.4.